The molecule has 1 fully saturated rings. The third-order valence-electron chi connectivity index (χ3n) is 3.86. The number of ether oxygens (including phenoxy) is 3. The van der Waals surface area contributed by atoms with Gasteiger partial charge in [-0.05, 0) is 6.07 Å². The summed E-state index contributed by atoms with van der Waals surface area (Å²) in [7, 11) is 4.16. The molecule has 1 aromatic carbocycles. The molecule has 0 aliphatic carbocycles. The molecule has 0 unspecified atom stereocenters. The maximum absolute atomic E-state index is 13.7. The van der Waals surface area contributed by atoms with Gasteiger partial charge in [0.05, 0.1) is 21.3 Å². The summed E-state index contributed by atoms with van der Waals surface area (Å²) in [6, 6.07) is 1.02. The maximum Gasteiger partial charge on any atom is 0.408 e. The van der Waals surface area contributed by atoms with Crippen LogP contribution in [0.15, 0.2) is 12.1 Å². The Kier molecular flexibility index (Phi) is 5.59. The van der Waals surface area contributed by atoms with Crippen LogP contribution in [-0.4, -0.2) is 58.6 Å². The number of halogens is 3. The molecular weight excluding hydrogens is 313 g/mol. The topological polar surface area (TPSA) is 43.0 Å². The van der Waals surface area contributed by atoms with Crippen molar-refractivity contribution in [3.05, 3.63) is 17.7 Å². The fraction of sp³-hybridized carbons (Fsp3) is 0.600. The van der Waals surface area contributed by atoms with Crippen LogP contribution in [0.25, 0.3) is 0 Å². The number of nitrogens with one attached hydrogen (secondary N) is 1. The van der Waals surface area contributed by atoms with E-state index in [0.717, 1.165) is 0 Å². The van der Waals surface area contributed by atoms with Gasteiger partial charge in [0.25, 0.3) is 0 Å². The van der Waals surface area contributed by atoms with Crippen LogP contribution in [0, 0.1) is 0 Å². The average Bonchev–Trinajstić information content (AvgIpc) is 2.54. The molecule has 0 saturated carbocycles. The van der Waals surface area contributed by atoms with Gasteiger partial charge in [-0.2, -0.15) is 13.2 Å². The lowest BCUT2D eigenvalue weighted by Crippen LogP contribution is -2.49. The van der Waals surface area contributed by atoms with Gasteiger partial charge >= 0.3 is 6.18 Å². The summed E-state index contributed by atoms with van der Waals surface area (Å²) in [6.45, 7) is 1.65. The first-order valence-corrected chi connectivity index (χ1v) is 7.23. The molecule has 23 heavy (non-hydrogen) atoms. The SMILES string of the molecule is COc1cc(OC)c([C@H](N2CCNCC2)C(F)(F)F)cc1OC. The van der Waals surface area contributed by atoms with Crippen LogP contribution in [0.3, 0.4) is 0 Å². The molecule has 1 saturated heterocycles. The number of benzene rings is 1. The molecular formula is C15H21F3N2O3. The number of hydrogen-bond acceptors (Lipinski definition) is 5. The number of hydrogen-bond donors (Lipinski definition) is 1. The Morgan fingerprint density at radius 2 is 1.48 bits per heavy atom. The highest BCUT2D eigenvalue weighted by Crippen LogP contribution is 2.45. The van der Waals surface area contributed by atoms with Gasteiger partial charge in [-0.3, -0.25) is 4.90 Å². The predicted molar refractivity (Wildman–Crippen MR) is 79.3 cm³/mol. The molecule has 1 aliphatic heterocycles. The first-order chi connectivity index (χ1) is 10.9. The van der Waals surface area contributed by atoms with Crippen molar-refractivity contribution in [1.29, 1.82) is 0 Å². The standard InChI is InChI=1S/C15H21F3N2O3/c1-21-11-9-13(23-3)12(22-2)8-10(11)14(15(16,17)18)20-6-4-19-5-7-20/h8-9,14,19H,4-7H2,1-3H3/t14-/m0/s1. The van der Waals surface area contributed by atoms with Crippen LogP contribution in [0.5, 0.6) is 17.2 Å². The van der Waals surface area contributed by atoms with Gasteiger partial charge in [0, 0.05) is 37.8 Å². The van der Waals surface area contributed by atoms with Crippen LogP contribution in [0.1, 0.15) is 11.6 Å². The lowest BCUT2D eigenvalue weighted by atomic mass is 10.0. The van der Waals surface area contributed by atoms with Gasteiger partial charge in [0.1, 0.15) is 11.8 Å². The minimum Gasteiger partial charge on any atom is -0.496 e. The Balaban J connectivity index is 2.52. The van der Waals surface area contributed by atoms with Crippen molar-refractivity contribution >= 4 is 0 Å². The van der Waals surface area contributed by atoms with Crippen molar-refractivity contribution < 1.29 is 27.4 Å². The lowest BCUT2D eigenvalue weighted by molar-refractivity contribution is -0.188. The first-order valence-electron chi connectivity index (χ1n) is 7.23. The summed E-state index contributed by atoms with van der Waals surface area (Å²) < 4.78 is 56.7. The van der Waals surface area contributed by atoms with E-state index in [-0.39, 0.29) is 17.1 Å². The largest absolute Gasteiger partial charge is 0.496 e. The van der Waals surface area contributed by atoms with Gasteiger partial charge in [0.2, 0.25) is 0 Å². The van der Waals surface area contributed by atoms with E-state index in [1.54, 1.807) is 0 Å². The molecule has 0 bridgehead atoms. The van der Waals surface area contributed by atoms with E-state index in [2.05, 4.69) is 5.32 Å². The van der Waals surface area contributed by atoms with E-state index in [9.17, 15) is 13.2 Å². The zero-order valence-corrected chi connectivity index (χ0v) is 13.4. The smallest absolute Gasteiger partial charge is 0.408 e. The molecule has 8 heteroatoms. The van der Waals surface area contributed by atoms with Gasteiger partial charge in [-0.1, -0.05) is 0 Å². The van der Waals surface area contributed by atoms with Crippen molar-refractivity contribution in [3.8, 4) is 17.2 Å². The number of methoxy groups -OCH3 is 3. The highest BCUT2D eigenvalue weighted by Gasteiger charge is 2.46. The second-order valence-corrected chi connectivity index (χ2v) is 5.18. The van der Waals surface area contributed by atoms with Crippen LogP contribution < -0.4 is 19.5 Å². The minimum absolute atomic E-state index is 0.0274. The van der Waals surface area contributed by atoms with Crippen molar-refractivity contribution in [1.82, 2.24) is 10.2 Å². The van der Waals surface area contributed by atoms with E-state index in [1.165, 1.54) is 38.4 Å². The van der Waals surface area contributed by atoms with Gasteiger partial charge < -0.3 is 19.5 Å². The van der Waals surface area contributed by atoms with Crippen LogP contribution in [-0.2, 0) is 0 Å². The fourth-order valence-electron chi connectivity index (χ4n) is 2.79. The fourth-order valence-corrected chi connectivity index (χ4v) is 2.79. The molecule has 1 aromatic rings. The minimum atomic E-state index is -4.43. The monoisotopic (exact) mass is 334 g/mol. The second kappa shape index (κ2) is 7.27. The second-order valence-electron chi connectivity index (χ2n) is 5.18. The molecule has 0 aromatic heterocycles. The molecule has 0 radical (unpaired) electrons. The van der Waals surface area contributed by atoms with E-state index in [4.69, 9.17) is 14.2 Å². The zero-order valence-electron chi connectivity index (χ0n) is 13.4. The number of rotatable bonds is 5. The Morgan fingerprint density at radius 3 is 1.96 bits per heavy atom. The Bertz CT molecular complexity index is 531. The summed E-state index contributed by atoms with van der Waals surface area (Å²) in [5.41, 5.74) is 0.0274. The summed E-state index contributed by atoms with van der Waals surface area (Å²) >= 11 is 0. The van der Waals surface area contributed by atoms with E-state index in [0.29, 0.717) is 31.9 Å². The molecule has 5 nitrogen and oxygen atoms in total. The Hall–Kier alpha value is -1.67. The quantitative estimate of drug-likeness (QED) is 0.894. The van der Waals surface area contributed by atoms with E-state index in [1.807, 2.05) is 0 Å². The normalized spacial score (nSPS) is 17.7. The molecule has 2 rings (SSSR count). The van der Waals surface area contributed by atoms with E-state index >= 15 is 0 Å². The van der Waals surface area contributed by atoms with Gasteiger partial charge in [-0.25, -0.2) is 0 Å². The average molecular weight is 334 g/mol. The zero-order chi connectivity index (χ0) is 17.0. The third-order valence-corrected chi connectivity index (χ3v) is 3.86. The van der Waals surface area contributed by atoms with Crippen LogP contribution in [0.2, 0.25) is 0 Å². The molecule has 1 N–H and O–H groups in total. The molecule has 1 aliphatic rings. The summed E-state index contributed by atoms with van der Waals surface area (Å²) in [5, 5.41) is 3.06. The predicted octanol–water partition coefficient (Wildman–Crippen LogP) is 2.22. The highest BCUT2D eigenvalue weighted by atomic mass is 19.4. The van der Waals surface area contributed by atoms with Crippen LogP contribution in [0.4, 0.5) is 13.2 Å². The Morgan fingerprint density at radius 1 is 0.957 bits per heavy atom. The summed E-state index contributed by atoms with van der Waals surface area (Å²) in [5.74, 6) is 0.700. The van der Waals surface area contributed by atoms with Crippen molar-refractivity contribution in [2.45, 2.75) is 12.2 Å². The number of nitrogens with zero attached hydrogens (tertiary/aromatic N) is 1. The molecule has 0 spiro atoms. The van der Waals surface area contributed by atoms with Crippen molar-refractivity contribution in [2.24, 2.45) is 0 Å². The van der Waals surface area contributed by atoms with Gasteiger partial charge in [-0.15, -0.1) is 0 Å². The molecule has 1 atom stereocenters. The summed E-state index contributed by atoms with van der Waals surface area (Å²) in [6.07, 6.45) is -4.43. The first kappa shape index (κ1) is 17.7. The molecule has 0 amide bonds. The summed E-state index contributed by atoms with van der Waals surface area (Å²) in [4.78, 5) is 1.40. The number of piperazine rings is 1. The Labute approximate surface area is 133 Å². The maximum atomic E-state index is 13.7. The van der Waals surface area contributed by atoms with Crippen molar-refractivity contribution in [3.63, 3.8) is 0 Å². The highest BCUT2D eigenvalue weighted by molar-refractivity contribution is 5.52. The molecule has 130 valence electrons. The molecule has 1 heterocycles. The van der Waals surface area contributed by atoms with E-state index < -0.39 is 12.2 Å². The van der Waals surface area contributed by atoms with Crippen LogP contribution >= 0.6 is 0 Å². The third kappa shape index (κ3) is 3.81. The number of alkyl halides is 3. The lowest BCUT2D eigenvalue weighted by Gasteiger charge is -2.36. The van der Waals surface area contributed by atoms with Crippen molar-refractivity contribution in [2.75, 3.05) is 47.5 Å². The van der Waals surface area contributed by atoms with Gasteiger partial charge in [0.15, 0.2) is 11.5 Å².